The van der Waals surface area contributed by atoms with Crippen LogP contribution in [-0.2, 0) is 19.1 Å². The van der Waals surface area contributed by atoms with Crippen LogP contribution in [0.2, 0.25) is 0 Å². The largest absolute Gasteiger partial charge is 0.480 e. The second-order valence-corrected chi connectivity index (χ2v) is 3.48. The Morgan fingerprint density at radius 1 is 1.17 bits per heavy atom. The molecule has 8 nitrogen and oxygen atoms in total. The van der Waals surface area contributed by atoms with E-state index in [2.05, 4.69) is 10.1 Å². The maximum atomic E-state index is 11.0. The summed E-state index contributed by atoms with van der Waals surface area (Å²) in [4.78, 5) is 33.2. The standard InChI is InChI=1S/C10H18N2O6/c1-2-18-10(17)5-11-3-4-12(6-8(13)14)7-9(15)16/h11H,2-7H2,1H3,(H,13,14)(H,15,16). The number of nitrogens with zero attached hydrogens (tertiary/aromatic N) is 1. The number of carbonyl (C=O) groups is 3. The van der Waals surface area contributed by atoms with Crippen LogP contribution in [-0.4, -0.2) is 72.4 Å². The van der Waals surface area contributed by atoms with Gasteiger partial charge in [0.05, 0.1) is 26.2 Å². The fraction of sp³-hybridized carbons (Fsp3) is 0.700. The quantitative estimate of drug-likeness (QED) is 0.325. The molecule has 0 aromatic carbocycles. The number of esters is 1. The van der Waals surface area contributed by atoms with Gasteiger partial charge in [-0.15, -0.1) is 0 Å². The summed E-state index contributed by atoms with van der Waals surface area (Å²) < 4.78 is 4.67. The lowest BCUT2D eigenvalue weighted by atomic mass is 10.4. The van der Waals surface area contributed by atoms with E-state index in [0.29, 0.717) is 13.2 Å². The summed E-state index contributed by atoms with van der Waals surface area (Å²) in [5.41, 5.74) is 0. The van der Waals surface area contributed by atoms with Crippen molar-refractivity contribution >= 4 is 17.9 Å². The molecule has 0 amide bonds. The fourth-order valence-corrected chi connectivity index (χ4v) is 1.24. The van der Waals surface area contributed by atoms with Crippen molar-refractivity contribution in [3.63, 3.8) is 0 Å². The summed E-state index contributed by atoms with van der Waals surface area (Å²) in [5, 5.41) is 19.9. The molecule has 0 rings (SSSR count). The van der Waals surface area contributed by atoms with Gasteiger partial charge in [-0.25, -0.2) is 0 Å². The van der Waals surface area contributed by atoms with Gasteiger partial charge in [0.25, 0.3) is 0 Å². The Hall–Kier alpha value is -1.67. The highest BCUT2D eigenvalue weighted by Gasteiger charge is 2.12. The molecule has 0 aromatic rings. The number of carboxylic acid groups (broad SMARTS) is 2. The molecule has 0 aromatic heterocycles. The van der Waals surface area contributed by atoms with Gasteiger partial charge < -0.3 is 20.3 Å². The van der Waals surface area contributed by atoms with Crippen LogP contribution in [0.25, 0.3) is 0 Å². The van der Waals surface area contributed by atoms with E-state index in [9.17, 15) is 14.4 Å². The molecule has 0 fully saturated rings. The third-order valence-electron chi connectivity index (χ3n) is 1.90. The Bertz CT molecular complexity index is 278. The Morgan fingerprint density at radius 2 is 1.72 bits per heavy atom. The van der Waals surface area contributed by atoms with E-state index in [0.717, 1.165) is 0 Å². The summed E-state index contributed by atoms with van der Waals surface area (Å²) >= 11 is 0. The molecule has 104 valence electrons. The minimum Gasteiger partial charge on any atom is -0.480 e. The van der Waals surface area contributed by atoms with Gasteiger partial charge in [-0.1, -0.05) is 0 Å². The van der Waals surface area contributed by atoms with Crippen molar-refractivity contribution in [2.24, 2.45) is 0 Å². The lowest BCUT2D eigenvalue weighted by Gasteiger charge is -2.17. The van der Waals surface area contributed by atoms with Crippen molar-refractivity contribution in [2.75, 3.05) is 39.3 Å². The number of nitrogens with one attached hydrogen (secondary N) is 1. The monoisotopic (exact) mass is 262 g/mol. The molecule has 3 N–H and O–H groups in total. The normalized spacial score (nSPS) is 10.3. The third-order valence-corrected chi connectivity index (χ3v) is 1.90. The molecule has 0 radical (unpaired) electrons. The van der Waals surface area contributed by atoms with E-state index in [4.69, 9.17) is 10.2 Å². The maximum absolute atomic E-state index is 11.0. The van der Waals surface area contributed by atoms with Crippen molar-refractivity contribution < 1.29 is 29.3 Å². The van der Waals surface area contributed by atoms with Gasteiger partial charge in [-0.3, -0.25) is 19.3 Å². The van der Waals surface area contributed by atoms with Gasteiger partial charge in [0.2, 0.25) is 0 Å². The first-order chi connectivity index (χ1) is 8.45. The number of hydrogen-bond donors (Lipinski definition) is 3. The predicted octanol–water partition coefficient (Wildman–Crippen LogP) is -1.39. The van der Waals surface area contributed by atoms with Crippen molar-refractivity contribution in [3.05, 3.63) is 0 Å². The highest BCUT2D eigenvalue weighted by molar-refractivity contribution is 5.72. The number of carbonyl (C=O) groups excluding carboxylic acids is 1. The highest BCUT2D eigenvalue weighted by atomic mass is 16.5. The average molecular weight is 262 g/mol. The first-order valence-electron chi connectivity index (χ1n) is 5.48. The maximum Gasteiger partial charge on any atom is 0.319 e. The molecule has 18 heavy (non-hydrogen) atoms. The highest BCUT2D eigenvalue weighted by Crippen LogP contribution is 1.87. The molecule has 8 heteroatoms. The topological polar surface area (TPSA) is 116 Å². The summed E-state index contributed by atoms with van der Waals surface area (Å²) in [7, 11) is 0. The Labute approximate surface area is 105 Å². The van der Waals surface area contributed by atoms with Crippen molar-refractivity contribution in [3.8, 4) is 0 Å². The zero-order chi connectivity index (χ0) is 14.0. The Balaban J connectivity index is 3.85. The lowest BCUT2D eigenvalue weighted by Crippen LogP contribution is -2.40. The summed E-state index contributed by atoms with van der Waals surface area (Å²) in [6.45, 7) is 1.82. The van der Waals surface area contributed by atoms with Crippen LogP contribution in [0.5, 0.6) is 0 Å². The Morgan fingerprint density at radius 3 is 2.17 bits per heavy atom. The summed E-state index contributed by atoms with van der Waals surface area (Å²) in [5.74, 6) is -2.59. The fourth-order valence-electron chi connectivity index (χ4n) is 1.24. The van der Waals surface area contributed by atoms with Crippen LogP contribution >= 0.6 is 0 Å². The molecular formula is C10H18N2O6. The summed E-state index contributed by atoms with van der Waals surface area (Å²) in [6, 6.07) is 0. The number of rotatable bonds is 10. The molecule has 0 unspecified atom stereocenters. The van der Waals surface area contributed by atoms with Crippen LogP contribution < -0.4 is 5.32 Å². The van der Waals surface area contributed by atoms with E-state index in [1.54, 1.807) is 6.92 Å². The first kappa shape index (κ1) is 16.3. The number of carboxylic acids is 2. The molecule has 0 saturated carbocycles. The van der Waals surface area contributed by atoms with E-state index < -0.39 is 17.9 Å². The molecule has 0 atom stereocenters. The van der Waals surface area contributed by atoms with Crippen LogP contribution in [0.15, 0.2) is 0 Å². The van der Waals surface area contributed by atoms with Crippen LogP contribution in [0.4, 0.5) is 0 Å². The van der Waals surface area contributed by atoms with E-state index in [1.807, 2.05) is 0 Å². The Kier molecular flexibility index (Phi) is 8.50. The predicted molar refractivity (Wildman–Crippen MR) is 61.2 cm³/mol. The van der Waals surface area contributed by atoms with Crippen LogP contribution in [0.3, 0.4) is 0 Å². The molecular weight excluding hydrogens is 244 g/mol. The SMILES string of the molecule is CCOC(=O)CNCCN(CC(=O)O)CC(=O)O. The number of hydrogen-bond acceptors (Lipinski definition) is 6. The molecule has 0 bridgehead atoms. The lowest BCUT2D eigenvalue weighted by molar-refractivity contribution is -0.143. The van der Waals surface area contributed by atoms with Crippen LogP contribution in [0.1, 0.15) is 6.92 Å². The van der Waals surface area contributed by atoms with Gasteiger partial charge in [-0.2, -0.15) is 0 Å². The van der Waals surface area contributed by atoms with Crippen molar-refractivity contribution in [1.29, 1.82) is 0 Å². The number of aliphatic carboxylic acids is 2. The zero-order valence-electron chi connectivity index (χ0n) is 10.2. The first-order valence-corrected chi connectivity index (χ1v) is 5.48. The molecule has 0 aliphatic carbocycles. The zero-order valence-corrected chi connectivity index (χ0v) is 10.2. The molecule has 0 heterocycles. The van der Waals surface area contributed by atoms with E-state index >= 15 is 0 Å². The smallest absolute Gasteiger partial charge is 0.319 e. The van der Waals surface area contributed by atoms with Gasteiger partial charge in [-0.05, 0) is 6.92 Å². The van der Waals surface area contributed by atoms with Gasteiger partial charge in [0.15, 0.2) is 0 Å². The molecule has 0 aliphatic rings. The summed E-state index contributed by atoms with van der Waals surface area (Å²) in [6.07, 6.45) is 0. The van der Waals surface area contributed by atoms with E-state index in [-0.39, 0.29) is 26.2 Å². The molecule has 0 spiro atoms. The minimum atomic E-state index is -1.10. The van der Waals surface area contributed by atoms with Gasteiger partial charge in [0.1, 0.15) is 0 Å². The second-order valence-electron chi connectivity index (χ2n) is 3.48. The molecule has 0 saturated heterocycles. The van der Waals surface area contributed by atoms with Crippen molar-refractivity contribution in [1.82, 2.24) is 10.2 Å². The van der Waals surface area contributed by atoms with Gasteiger partial charge >= 0.3 is 17.9 Å². The van der Waals surface area contributed by atoms with E-state index in [1.165, 1.54) is 4.90 Å². The average Bonchev–Trinajstić information content (AvgIpc) is 2.23. The minimum absolute atomic E-state index is 0.0157. The third kappa shape index (κ3) is 9.55. The van der Waals surface area contributed by atoms with Crippen LogP contribution in [0, 0.1) is 0 Å². The number of ether oxygens (including phenoxy) is 1. The second kappa shape index (κ2) is 9.37. The van der Waals surface area contributed by atoms with Crippen molar-refractivity contribution in [2.45, 2.75) is 6.92 Å². The van der Waals surface area contributed by atoms with Gasteiger partial charge in [0, 0.05) is 13.1 Å². The molecule has 0 aliphatic heterocycles.